The predicted octanol–water partition coefficient (Wildman–Crippen LogP) is -0.124. The Labute approximate surface area is 115 Å². The highest BCUT2D eigenvalue weighted by atomic mass is 16.3. The van der Waals surface area contributed by atoms with E-state index in [1.165, 1.54) is 18.9 Å². The third-order valence-corrected chi connectivity index (χ3v) is 2.57. The fraction of sp³-hybridized carbons (Fsp3) is 0.333. The molecule has 0 aliphatic heterocycles. The number of furan rings is 1. The molecular formula is C12H15N5O3. The quantitative estimate of drug-likeness (QED) is 0.653. The zero-order valence-electron chi connectivity index (χ0n) is 10.8. The summed E-state index contributed by atoms with van der Waals surface area (Å²) in [6, 6.07) is 1.56. The lowest BCUT2D eigenvalue weighted by molar-refractivity contribution is -0.120. The molecule has 2 heterocycles. The summed E-state index contributed by atoms with van der Waals surface area (Å²) in [5, 5.41) is 11.8. The molecule has 3 N–H and O–H groups in total. The van der Waals surface area contributed by atoms with Crippen LogP contribution in [-0.2, 0) is 11.2 Å². The van der Waals surface area contributed by atoms with Crippen molar-refractivity contribution in [3.63, 3.8) is 0 Å². The minimum atomic E-state index is -0.256. The van der Waals surface area contributed by atoms with E-state index < -0.39 is 0 Å². The molecule has 8 heteroatoms. The van der Waals surface area contributed by atoms with Gasteiger partial charge in [-0.2, -0.15) is 5.10 Å². The van der Waals surface area contributed by atoms with E-state index in [1.54, 1.807) is 6.07 Å². The number of hydrogen-bond acceptors (Lipinski definition) is 5. The van der Waals surface area contributed by atoms with Crippen molar-refractivity contribution in [3.05, 3.63) is 36.3 Å². The average molecular weight is 277 g/mol. The second-order valence-electron chi connectivity index (χ2n) is 4.05. The summed E-state index contributed by atoms with van der Waals surface area (Å²) >= 11 is 0. The summed E-state index contributed by atoms with van der Waals surface area (Å²) < 4.78 is 4.80. The van der Waals surface area contributed by atoms with Gasteiger partial charge in [0.15, 0.2) is 0 Å². The highest BCUT2D eigenvalue weighted by Gasteiger charge is 2.07. The van der Waals surface area contributed by atoms with Gasteiger partial charge in [-0.1, -0.05) is 0 Å². The van der Waals surface area contributed by atoms with Gasteiger partial charge in [0.1, 0.15) is 18.4 Å². The summed E-state index contributed by atoms with van der Waals surface area (Å²) in [4.78, 5) is 27.0. The normalized spacial score (nSPS) is 10.2. The number of H-pyrrole nitrogens is 1. The molecule has 0 fully saturated rings. The van der Waals surface area contributed by atoms with E-state index in [4.69, 9.17) is 4.42 Å². The summed E-state index contributed by atoms with van der Waals surface area (Å²) in [5.74, 6) is 0.337. The summed E-state index contributed by atoms with van der Waals surface area (Å²) in [7, 11) is 0. The Kier molecular flexibility index (Phi) is 4.87. The Balaban J connectivity index is 1.57. The van der Waals surface area contributed by atoms with Crippen molar-refractivity contribution >= 4 is 11.8 Å². The van der Waals surface area contributed by atoms with E-state index in [9.17, 15) is 9.59 Å². The van der Waals surface area contributed by atoms with Crippen LogP contribution in [0.5, 0.6) is 0 Å². The zero-order chi connectivity index (χ0) is 14.2. The fourth-order valence-electron chi connectivity index (χ4n) is 1.55. The maximum atomic E-state index is 11.5. The summed E-state index contributed by atoms with van der Waals surface area (Å²) in [6.07, 6.45) is 5.01. The first-order chi connectivity index (χ1) is 9.75. The van der Waals surface area contributed by atoms with Crippen LogP contribution < -0.4 is 10.6 Å². The molecule has 0 unspecified atom stereocenters. The minimum absolute atomic E-state index is 0.128. The first kappa shape index (κ1) is 13.8. The van der Waals surface area contributed by atoms with Crippen molar-refractivity contribution in [3.8, 4) is 0 Å². The lowest BCUT2D eigenvalue weighted by atomic mass is 10.3. The predicted molar refractivity (Wildman–Crippen MR) is 68.8 cm³/mol. The molecule has 0 radical (unpaired) electrons. The number of carbonyl (C=O) groups is 2. The van der Waals surface area contributed by atoms with E-state index in [1.807, 2.05) is 0 Å². The van der Waals surface area contributed by atoms with Gasteiger partial charge in [0.05, 0.1) is 11.8 Å². The third kappa shape index (κ3) is 4.23. The van der Waals surface area contributed by atoms with Gasteiger partial charge in [-0.25, -0.2) is 4.98 Å². The van der Waals surface area contributed by atoms with Gasteiger partial charge in [0.25, 0.3) is 5.91 Å². The molecule has 2 aromatic heterocycles. The summed E-state index contributed by atoms with van der Waals surface area (Å²) in [5.41, 5.74) is 0.440. The largest absolute Gasteiger partial charge is 0.472 e. The molecule has 2 amide bonds. The molecule has 0 saturated heterocycles. The van der Waals surface area contributed by atoms with Crippen LogP contribution in [0.1, 0.15) is 22.6 Å². The van der Waals surface area contributed by atoms with E-state index in [0.29, 0.717) is 18.5 Å². The number of aromatic nitrogens is 3. The number of nitrogens with zero attached hydrogens (tertiary/aromatic N) is 2. The molecule has 0 spiro atoms. The second-order valence-corrected chi connectivity index (χ2v) is 4.05. The number of hydrogen-bond donors (Lipinski definition) is 3. The van der Waals surface area contributed by atoms with Gasteiger partial charge in [-0.05, 0) is 6.07 Å². The van der Waals surface area contributed by atoms with Crippen LogP contribution in [-0.4, -0.2) is 40.1 Å². The van der Waals surface area contributed by atoms with Gasteiger partial charge >= 0.3 is 0 Å². The van der Waals surface area contributed by atoms with E-state index in [0.717, 1.165) is 5.82 Å². The highest BCUT2D eigenvalue weighted by molar-refractivity contribution is 5.93. The van der Waals surface area contributed by atoms with Gasteiger partial charge in [-0.15, -0.1) is 0 Å². The Morgan fingerprint density at radius 3 is 2.90 bits per heavy atom. The Morgan fingerprint density at radius 2 is 2.20 bits per heavy atom. The van der Waals surface area contributed by atoms with Gasteiger partial charge in [0, 0.05) is 25.9 Å². The molecule has 0 aliphatic carbocycles. The van der Waals surface area contributed by atoms with Crippen LogP contribution in [0.2, 0.25) is 0 Å². The van der Waals surface area contributed by atoms with E-state index >= 15 is 0 Å². The van der Waals surface area contributed by atoms with Crippen molar-refractivity contribution in [2.75, 3.05) is 13.1 Å². The zero-order valence-corrected chi connectivity index (χ0v) is 10.8. The molecule has 0 bridgehead atoms. The molecule has 106 valence electrons. The number of amides is 2. The van der Waals surface area contributed by atoms with Crippen molar-refractivity contribution < 1.29 is 14.0 Å². The molecule has 0 saturated carbocycles. The van der Waals surface area contributed by atoms with Crippen LogP contribution in [0.25, 0.3) is 0 Å². The van der Waals surface area contributed by atoms with Gasteiger partial charge in [-0.3, -0.25) is 14.7 Å². The topological polar surface area (TPSA) is 113 Å². The second kappa shape index (κ2) is 7.07. The molecule has 0 aromatic carbocycles. The SMILES string of the molecule is O=C(CCNC(=O)c1ccoc1)NCCc1ncn[nH]1. The van der Waals surface area contributed by atoms with Crippen LogP contribution >= 0.6 is 0 Å². The van der Waals surface area contributed by atoms with Crippen LogP contribution in [0, 0.1) is 0 Å². The first-order valence-corrected chi connectivity index (χ1v) is 6.17. The minimum Gasteiger partial charge on any atom is -0.472 e. The molecule has 0 aliphatic rings. The standard InChI is InChI=1S/C12H15N5O3/c18-11(13-4-1-10-15-8-16-17-10)2-5-14-12(19)9-3-6-20-7-9/h3,6-8H,1-2,4-5H2,(H,13,18)(H,14,19)(H,15,16,17). The highest BCUT2D eigenvalue weighted by Crippen LogP contribution is 1.98. The third-order valence-electron chi connectivity index (χ3n) is 2.57. The van der Waals surface area contributed by atoms with Crippen LogP contribution in [0.4, 0.5) is 0 Å². The maximum Gasteiger partial charge on any atom is 0.254 e. The number of carbonyl (C=O) groups excluding carboxylic acids is 2. The molecule has 8 nitrogen and oxygen atoms in total. The average Bonchev–Trinajstić information content (AvgIpc) is 3.12. The molecule has 0 atom stereocenters. The van der Waals surface area contributed by atoms with E-state index in [2.05, 4.69) is 25.8 Å². The molecule has 20 heavy (non-hydrogen) atoms. The number of rotatable bonds is 7. The Hall–Kier alpha value is -2.64. The monoisotopic (exact) mass is 277 g/mol. The van der Waals surface area contributed by atoms with E-state index in [-0.39, 0.29) is 24.8 Å². The van der Waals surface area contributed by atoms with Gasteiger partial charge < -0.3 is 15.1 Å². The van der Waals surface area contributed by atoms with Crippen molar-refractivity contribution in [2.24, 2.45) is 0 Å². The van der Waals surface area contributed by atoms with Crippen molar-refractivity contribution in [1.29, 1.82) is 0 Å². The fourth-order valence-corrected chi connectivity index (χ4v) is 1.55. The lowest BCUT2D eigenvalue weighted by Gasteiger charge is -2.05. The summed E-state index contributed by atoms with van der Waals surface area (Å²) in [6.45, 7) is 0.752. The van der Waals surface area contributed by atoms with Crippen LogP contribution in [0.3, 0.4) is 0 Å². The molecule has 2 aromatic rings. The molecular weight excluding hydrogens is 262 g/mol. The van der Waals surface area contributed by atoms with Crippen LogP contribution in [0.15, 0.2) is 29.3 Å². The number of aromatic amines is 1. The van der Waals surface area contributed by atoms with Crippen molar-refractivity contribution in [1.82, 2.24) is 25.8 Å². The number of nitrogens with one attached hydrogen (secondary N) is 3. The Bertz CT molecular complexity index is 535. The Morgan fingerprint density at radius 1 is 1.30 bits per heavy atom. The lowest BCUT2D eigenvalue weighted by Crippen LogP contribution is -2.31. The van der Waals surface area contributed by atoms with Gasteiger partial charge in [0.2, 0.25) is 5.91 Å². The first-order valence-electron chi connectivity index (χ1n) is 6.17. The smallest absolute Gasteiger partial charge is 0.254 e. The van der Waals surface area contributed by atoms with Crippen molar-refractivity contribution in [2.45, 2.75) is 12.8 Å². The maximum absolute atomic E-state index is 11.5. The molecule has 2 rings (SSSR count).